The first-order valence-electron chi connectivity index (χ1n) is 5.41. The summed E-state index contributed by atoms with van der Waals surface area (Å²) in [5.74, 6) is 0. The highest BCUT2D eigenvalue weighted by atomic mass is 15.2. The number of likely N-dealkylation sites (tertiary alicyclic amines) is 1. The van der Waals surface area contributed by atoms with Gasteiger partial charge in [-0.15, -0.1) is 0 Å². The third-order valence-corrected chi connectivity index (χ3v) is 3.60. The maximum absolute atomic E-state index is 4.23. The Hall–Kier alpha value is -0.890. The molecule has 0 radical (unpaired) electrons. The molecule has 0 aromatic carbocycles. The molecule has 14 heavy (non-hydrogen) atoms. The molecule has 0 amide bonds. The van der Waals surface area contributed by atoms with Crippen LogP contribution in [0.15, 0.2) is 24.5 Å². The minimum absolute atomic E-state index is 0.258. The van der Waals surface area contributed by atoms with Crippen LogP contribution in [0.5, 0.6) is 0 Å². The fourth-order valence-electron chi connectivity index (χ4n) is 2.67. The number of hydrogen-bond acceptors (Lipinski definition) is 2. The van der Waals surface area contributed by atoms with Crippen molar-refractivity contribution in [3.05, 3.63) is 30.1 Å². The van der Waals surface area contributed by atoms with Crippen molar-refractivity contribution in [3.63, 3.8) is 0 Å². The molecule has 1 aliphatic heterocycles. The standard InChI is InChI=1S/C12H18N2/c1-3-12(7-5-9-14(12)2)11-6-4-8-13-10-11/h4,6,8,10H,3,5,7,9H2,1-2H3/t12-/m0/s1. The third kappa shape index (κ3) is 1.34. The van der Waals surface area contributed by atoms with E-state index in [1.807, 2.05) is 18.5 Å². The molecule has 0 unspecified atom stereocenters. The lowest BCUT2D eigenvalue weighted by molar-refractivity contribution is 0.167. The molecule has 2 heterocycles. The topological polar surface area (TPSA) is 16.1 Å². The zero-order chi connectivity index (χ0) is 10.0. The lowest BCUT2D eigenvalue weighted by Crippen LogP contribution is -2.37. The van der Waals surface area contributed by atoms with Crippen LogP contribution in [-0.4, -0.2) is 23.5 Å². The Bertz CT molecular complexity index is 296. The highest BCUT2D eigenvalue weighted by molar-refractivity contribution is 5.22. The zero-order valence-electron chi connectivity index (χ0n) is 9.03. The van der Waals surface area contributed by atoms with Gasteiger partial charge in [-0.25, -0.2) is 0 Å². The molecule has 0 saturated carbocycles. The highest BCUT2D eigenvalue weighted by Crippen LogP contribution is 2.39. The molecule has 0 aliphatic carbocycles. The van der Waals surface area contributed by atoms with Crippen molar-refractivity contribution in [2.45, 2.75) is 31.7 Å². The van der Waals surface area contributed by atoms with Crippen LogP contribution in [0.1, 0.15) is 31.7 Å². The molecule has 1 atom stereocenters. The fraction of sp³-hybridized carbons (Fsp3) is 0.583. The van der Waals surface area contributed by atoms with Gasteiger partial charge in [0.2, 0.25) is 0 Å². The van der Waals surface area contributed by atoms with Crippen LogP contribution in [0, 0.1) is 0 Å². The number of aromatic nitrogens is 1. The number of pyridine rings is 1. The van der Waals surface area contributed by atoms with E-state index in [2.05, 4.69) is 29.9 Å². The van der Waals surface area contributed by atoms with Gasteiger partial charge in [0.15, 0.2) is 0 Å². The summed E-state index contributed by atoms with van der Waals surface area (Å²) in [5.41, 5.74) is 1.64. The van der Waals surface area contributed by atoms with E-state index in [1.54, 1.807) is 0 Å². The van der Waals surface area contributed by atoms with Gasteiger partial charge in [0, 0.05) is 17.9 Å². The number of rotatable bonds is 2. The summed E-state index contributed by atoms with van der Waals surface area (Å²) in [4.78, 5) is 6.71. The van der Waals surface area contributed by atoms with Crippen molar-refractivity contribution in [1.82, 2.24) is 9.88 Å². The van der Waals surface area contributed by atoms with Crippen molar-refractivity contribution in [1.29, 1.82) is 0 Å². The van der Waals surface area contributed by atoms with Crippen LogP contribution in [-0.2, 0) is 5.54 Å². The molecule has 76 valence electrons. The van der Waals surface area contributed by atoms with Gasteiger partial charge < -0.3 is 0 Å². The Morgan fingerprint density at radius 2 is 2.43 bits per heavy atom. The van der Waals surface area contributed by atoms with Gasteiger partial charge in [-0.05, 0) is 44.5 Å². The fourth-order valence-corrected chi connectivity index (χ4v) is 2.67. The summed E-state index contributed by atoms with van der Waals surface area (Å²) in [6.07, 6.45) is 7.62. The summed E-state index contributed by atoms with van der Waals surface area (Å²) in [7, 11) is 2.23. The maximum Gasteiger partial charge on any atom is 0.0470 e. The van der Waals surface area contributed by atoms with Crippen LogP contribution in [0.25, 0.3) is 0 Å². The quantitative estimate of drug-likeness (QED) is 0.712. The predicted molar refractivity (Wildman–Crippen MR) is 58.1 cm³/mol. The second-order valence-electron chi connectivity index (χ2n) is 4.15. The second-order valence-corrected chi connectivity index (χ2v) is 4.15. The first-order valence-corrected chi connectivity index (χ1v) is 5.41. The van der Waals surface area contributed by atoms with Gasteiger partial charge in [-0.2, -0.15) is 0 Å². The summed E-state index contributed by atoms with van der Waals surface area (Å²) >= 11 is 0. The lowest BCUT2D eigenvalue weighted by Gasteiger charge is -2.35. The van der Waals surface area contributed by atoms with Gasteiger partial charge in [-0.1, -0.05) is 13.0 Å². The summed E-state index contributed by atoms with van der Waals surface area (Å²) in [6.45, 7) is 3.48. The van der Waals surface area contributed by atoms with Crippen molar-refractivity contribution in [2.75, 3.05) is 13.6 Å². The smallest absolute Gasteiger partial charge is 0.0470 e. The maximum atomic E-state index is 4.23. The molecule has 0 N–H and O–H groups in total. The number of hydrogen-bond donors (Lipinski definition) is 0. The molecule has 1 saturated heterocycles. The second kappa shape index (κ2) is 3.70. The van der Waals surface area contributed by atoms with E-state index >= 15 is 0 Å². The Labute approximate surface area is 86.0 Å². The average molecular weight is 190 g/mol. The molecular weight excluding hydrogens is 172 g/mol. The van der Waals surface area contributed by atoms with Gasteiger partial charge >= 0.3 is 0 Å². The molecule has 0 spiro atoms. The summed E-state index contributed by atoms with van der Waals surface area (Å²) < 4.78 is 0. The van der Waals surface area contributed by atoms with E-state index in [0.717, 1.165) is 0 Å². The van der Waals surface area contributed by atoms with E-state index in [-0.39, 0.29) is 5.54 Å². The van der Waals surface area contributed by atoms with E-state index in [4.69, 9.17) is 0 Å². The molecular formula is C12H18N2. The van der Waals surface area contributed by atoms with Crippen molar-refractivity contribution in [3.8, 4) is 0 Å². The van der Waals surface area contributed by atoms with Gasteiger partial charge in [0.25, 0.3) is 0 Å². The largest absolute Gasteiger partial charge is 0.297 e. The van der Waals surface area contributed by atoms with E-state index < -0.39 is 0 Å². The van der Waals surface area contributed by atoms with Crippen LogP contribution in [0.4, 0.5) is 0 Å². The van der Waals surface area contributed by atoms with Gasteiger partial charge in [-0.3, -0.25) is 9.88 Å². The predicted octanol–water partition coefficient (Wildman–Crippen LogP) is 2.41. The Morgan fingerprint density at radius 3 is 2.93 bits per heavy atom. The Morgan fingerprint density at radius 1 is 1.57 bits per heavy atom. The monoisotopic (exact) mass is 190 g/mol. The average Bonchev–Trinajstić information content (AvgIpc) is 2.62. The van der Waals surface area contributed by atoms with Gasteiger partial charge in [0.05, 0.1) is 0 Å². The van der Waals surface area contributed by atoms with E-state index in [9.17, 15) is 0 Å². The molecule has 1 aliphatic rings. The molecule has 1 aromatic heterocycles. The first kappa shape index (κ1) is 9.66. The molecule has 1 aromatic rings. The Kier molecular flexibility index (Phi) is 2.55. The number of nitrogens with zero attached hydrogens (tertiary/aromatic N) is 2. The SMILES string of the molecule is CC[C@@]1(c2cccnc2)CCCN1C. The van der Waals surface area contributed by atoms with Crippen LogP contribution in [0.2, 0.25) is 0 Å². The van der Waals surface area contributed by atoms with E-state index in [0.29, 0.717) is 0 Å². The van der Waals surface area contributed by atoms with Crippen molar-refractivity contribution in [2.24, 2.45) is 0 Å². The first-order chi connectivity index (χ1) is 6.79. The highest BCUT2D eigenvalue weighted by Gasteiger charge is 2.38. The lowest BCUT2D eigenvalue weighted by atomic mass is 9.86. The Balaban J connectivity index is 2.38. The molecule has 0 bridgehead atoms. The van der Waals surface area contributed by atoms with Crippen LogP contribution in [0.3, 0.4) is 0 Å². The van der Waals surface area contributed by atoms with Gasteiger partial charge in [0.1, 0.15) is 0 Å². The van der Waals surface area contributed by atoms with Crippen molar-refractivity contribution >= 4 is 0 Å². The molecule has 2 heteroatoms. The third-order valence-electron chi connectivity index (χ3n) is 3.60. The van der Waals surface area contributed by atoms with E-state index in [1.165, 1.54) is 31.4 Å². The minimum Gasteiger partial charge on any atom is -0.297 e. The normalized spacial score (nSPS) is 28.1. The zero-order valence-corrected chi connectivity index (χ0v) is 9.03. The van der Waals surface area contributed by atoms with Crippen LogP contribution < -0.4 is 0 Å². The molecule has 2 rings (SSSR count). The summed E-state index contributed by atoms with van der Waals surface area (Å²) in [5, 5.41) is 0. The molecule has 2 nitrogen and oxygen atoms in total. The minimum atomic E-state index is 0.258. The van der Waals surface area contributed by atoms with Crippen molar-refractivity contribution < 1.29 is 0 Å². The molecule has 1 fully saturated rings. The summed E-state index contributed by atoms with van der Waals surface area (Å²) in [6, 6.07) is 4.25. The van der Waals surface area contributed by atoms with Crippen LogP contribution >= 0.6 is 0 Å².